The number of ether oxygens (including phenoxy) is 2. The molecule has 208 valence electrons. The van der Waals surface area contributed by atoms with Gasteiger partial charge in [0.1, 0.15) is 5.75 Å². The number of carbonyl (C=O) groups is 2. The van der Waals surface area contributed by atoms with E-state index in [1.807, 2.05) is 85.8 Å². The largest absolute Gasteiger partial charge is 0.494 e. The molecule has 6 rings (SSSR count). The highest BCUT2D eigenvalue weighted by atomic mass is 32.1. The number of nitrogens with zero attached hydrogens (tertiary/aromatic N) is 3. The minimum atomic E-state index is -1.05. The van der Waals surface area contributed by atoms with Gasteiger partial charge in [-0.25, -0.2) is 19.7 Å². The summed E-state index contributed by atoms with van der Waals surface area (Å²) in [6.07, 6.45) is -1.05. The van der Waals surface area contributed by atoms with Crippen molar-refractivity contribution in [2.24, 2.45) is 0 Å². The summed E-state index contributed by atoms with van der Waals surface area (Å²) >= 11 is 1.32. The molecule has 1 amide bonds. The molecular weight excluding hydrogens is 548 g/mol. The van der Waals surface area contributed by atoms with E-state index in [2.05, 4.69) is 10.3 Å². The molecule has 2 heterocycles. The van der Waals surface area contributed by atoms with E-state index in [1.54, 1.807) is 18.2 Å². The molecule has 1 atom stereocenters. The van der Waals surface area contributed by atoms with Crippen molar-refractivity contribution in [1.82, 2.24) is 15.0 Å². The van der Waals surface area contributed by atoms with Gasteiger partial charge in [0.25, 0.3) is 5.91 Å². The Morgan fingerprint density at radius 3 is 2.10 bits per heavy atom. The number of esters is 1. The summed E-state index contributed by atoms with van der Waals surface area (Å²) in [4.78, 5) is 40.2. The van der Waals surface area contributed by atoms with Crippen LogP contribution in [0.4, 0.5) is 5.13 Å². The van der Waals surface area contributed by atoms with Crippen LogP contribution in [0.3, 0.4) is 0 Å². The van der Waals surface area contributed by atoms with Crippen molar-refractivity contribution in [3.63, 3.8) is 0 Å². The van der Waals surface area contributed by atoms with Gasteiger partial charge in [-0.05, 0) is 50.2 Å². The van der Waals surface area contributed by atoms with E-state index in [0.29, 0.717) is 28.5 Å². The van der Waals surface area contributed by atoms with Crippen molar-refractivity contribution in [3.8, 4) is 28.3 Å². The van der Waals surface area contributed by atoms with Crippen molar-refractivity contribution < 1.29 is 19.1 Å². The van der Waals surface area contributed by atoms with Gasteiger partial charge in [0.2, 0.25) is 0 Å². The fourth-order valence-electron chi connectivity index (χ4n) is 4.48. The van der Waals surface area contributed by atoms with Gasteiger partial charge in [0.15, 0.2) is 11.2 Å². The number of aromatic nitrogens is 3. The molecule has 0 spiro atoms. The molecule has 0 fully saturated rings. The van der Waals surface area contributed by atoms with Crippen molar-refractivity contribution in [1.29, 1.82) is 0 Å². The lowest BCUT2D eigenvalue weighted by atomic mass is 10.0. The molecule has 9 heteroatoms. The first-order chi connectivity index (χ1) is 20.5. The van der Waals surface area contributed by atoms with Crippen molar-refractivity contribution in [2.75, 3.05) is 11.9 Å². The van der Waals surface area contributed by atoms with Gasteiger partial charge < -0.3 is 9.47 Å². The molecule has 6 aromatic rings. The average molecular weight is 575 g/mol. The van der Waals surface area contributed by atoms with E-state index in [0.717, 1.165) is 32.8 Å². The maximum absolute atomic E-state index is 13.1. The topological polar surface area (TPSA) is 103 Å². The van der Waals surface area contributed by atoms with Crippen LogP contribution in [-0.4, -0.2) is 39.5 Å². The number of fused-ring (bicyclic) bond motifs is 2. The van der Waals surface area contributed by atoms with Gasteiger partial charge in [-0.1, -0.05) is 72.0 Å². The lowest BCUT2D eigenvalue weighted by Gasteiger charge is -2.13. The van der Waals surface area contributed by atoms with Crippen LogP contribution in [0.25, 0.3) is 43.8 Å². The zero-order chi connectivity index (χ0) is 29.1. The maximum atomic E-state index is 13.1. The molecule has 42 heavy (non-hydrogen) atoms. The van der Waals surface area contributed by atoms with Crippen LogP contribution < -0.4 is 10.1 Å². The Labute approximate surface area is 246 Å². The fourth-order valence-corrected chi connectivity index (χ4v) is 5.38. The van der Waals surface area contributed by atoms with Crippen molar-refractivity contribution in [3.05, 3.63) is 103 Å². The Morgan fingerprint density at radius 2 is 1.43 bits per heavy atom. The molecule has 0 aliphatic heterocycles. The lowest BCUT2D eigenvalue weighted by Crippen LogP contribution is -2.29. The molecule has 4 aromatic carbocycles. The highest BCUT2D eigenvalue weighted by molar-refractivity contribution is 7.22. The van der Waals surface area contributed by atoms with Crippen LogP contribution in [0.2, 0.25) is 0 Å². The summed E-state index contributed by atoms with van der Waals surface area (Å²) < 4.78 is 11.9. The monoisotopic (exact) mass is 574 g/mol. The number of nitrogens with one attached hydrogen (secondary N) is 1. The summed E-state index contributed by atoms with van der Waals surface area (Å²) in [7, 11) is 0. The van der Waals surface area contributed by atoms with Crippen LogP contribution in [0, 0.1) is 0 Å². The summed E-state index contributed by atoms with van der Waals surface area (Å²) in [6.45, 7) is 4.00. The first-order valence-electron chi connectivity index (χ1n) is 13.5. The third-order valence-corrected chi connectivity index (χ3v) is 7.48. The Kier molecular flexibility index (Phi) is 7.57. The number of benzene rings is 4. The third-order valence-electron chi connectivity index (χ3n) is 6.55. The van der Waals surface area contributed by atoms with Crippen LogP contribution in [0.5, 0.6) is 5.75 Å². The van der Waals surface area contributed by atoms with Crippen LogP contribution in [0.1, 0.15) is 24.2 Å². The Bertz CT molecular complexity index is 1910. The standard InChI is InChI=1S/C33H26N4O4S/c1-3-40-24-15-17-26-28(19-24)42-33(36-26)37-31(38)20(2)41-32(39)23-14-16-25-27(18-23)35-30(22-12-8-5-9-13-22)29(34-25)21-10-6-4-7-11-21/h4-20H,3H2,1-2H3,(H,36,37,38). The van der Waals surface area contributed by atoms with Gasteiger partial charge in [-0.2, -0.15) is 0 Å². The Morgan fingerprint density at radius 1 is 0.786 bits per heavy atom. The van der Waals surface area contributed by atoms with Gasteiger partial charge in [0, 0.05) is 11.1 Å². The number of hydrogen-bond acceptors (Lipinski definition) is 8. The van der Waals surface area contributed by atoms with Crippen LogP contribution in [-0.2, 0) is 9.53 Å². The zero-order valence-electron chi connectivity index (χ0n) is 22.9. The molecule has 0 saturated heterocycles. The van der Waals surface area contributed by atoms with Crippen molar-refractivity contribution >= 4 is 49.6 Å². The van der Waals surface area contributed by atoms with Crippen LogP contribution in [0.15, 0.2) is 97.1 Å². The number of amides is 1. The summed E-state index contributed by atoms with van der Waals surface area (Å²) in [5, 5.41) is 3.16. The summed E-state index contributed by atoms with van der Waals surface area (Å²) in [6, 6.07) is 30.2. The predicted molar refractivity (Wildman–Crippen MR) is 165 cm³/mol. The average Bonchev–Trinajstić information content (AvgIpc) is 3.42. The minimum Gasteiger partial charge on any atom is -0.494 e. The fraction of sp³-hybridized carbons (Fsp3) is 0.121. The third kappa shape index (κ3) is 5.68. The molecule has 1 unspecified atom stereocenters. The van der Waals surface area contributed by atoms with Crippen LogP contribution >= 0.6 is 11.3 Å². The molecule has 8 nitrogen and oxygen atoms in total. The molecule has 1 N–H and O–H groups in total. The molecule has 0 saturated carbocycles. The number of hydrogen-bond donors (Lipinski definition) is 1. The van der Waals surface area contributed by atoms with E-state index >= 15 is 0 Å². The maximum Gasteiger partial charge on any atom is 0.338 e. The second-order valence-electron chi connectivity index (χ2n) is 9.47. The van der Waals surface area contributed by atoms with Gasteiger partial charge >= 0.3 is 5.97 Å². The van der Waals surface area contributed by atoms with Crippen molar-refractivity contribution in [2.45, 2.75) is 20.0 Å². The van der Waals surface area contributed by atoms with Gasteiger partial charge in [-0.3, -0.25) is 10.1 Å². The smallest absolute Gasteiger partial charge is 0.338 e. The number of carbonyl (C=O) groups excluding carboxylic acids is 2. The Hall–Kier alpha value is -5.15. The minimum absolute atomic E-state index is 0.270. The molecule has 0 aliphatic rings. The number of rotatable bonds is 8. The Balaban J connectivity index is 1.22. The highest BCUT2D eigenvalue weighted by Gasteiger charge is 2.21. The van der Waals surface area contributed by atoms with E-state index in [9.17, 15) is 9.59 Å². The zero-order valence-corrected chi connectivity index (χ0v) is 23.7. The van der Waals surface area contributed by atoms with E-state index in [-0.39, 0.29) is 5.56 Å². The predicted octanol–water partition coefficient (Wildman–Crippen LogP) is 7.16. The normalized spacial score (nSPS) is 11.8. The number of anilines is 1. The first-order valence-corrected chi connectivity index (χ1v) is 14.3. The van der Waals surface area contributed by atoms with E-state index in [4.69, 9.17) is 19.4 Å². The van der Waals surface area contributed by atoms with Gasteiger partial charge in [0.05, 0.1) is 44.8 Å². The van der Waals surface area contributed by atoms with E-state index in [1.165, 1.54) is 18.3 Å². The van der Waals surface area contributed by atoms with Gasteiger partial charge in [-0.15, -0.1) is 0 Å². The number of thiazole rings is 1. The second-order valence-corrected chi connectivity index (χ2v) is 10.5. The molecule has 2 aromatic heterocycles. The SMILES string of the molecule is CCOc1ccc2nc(NC(=O)C(C)OC(=O)c3ccc4nc(-c5ccccc5)c(-c5ccccc5)nc4c3)sc2c1. The van der Waals surface area contributed by atoms with E-state index < -0.39 is 18.0 Å². The highest BCUT2D eigenvalue weighted by Crippen LogP contribution is 2.32. The molecular formula is C33H26N4O4S. The quantitative estimate of drug-likeness (QED) is 0.192. The second kappa shape index (κ2) is 11.8. The summed E-state index contributed by atoms with van der Waals surface area (Å²) in [5.74, 6) is -0.381. The molecule has 0 bridgehead atoms. The summed E-state index contributed by atoms with van der Waals surface area (Å²) in [5.41, 5.74) is 5.50. The molecule has 0 aliphatic carbocycles. The lowest BCUT2D eigenvalue weighted by molar-refractivity contribution is -0.123. The first kappa shape index (κ1) is 27.0. The molecule has 0 radical (unpaired) electrons.